The summed E-state index contributed by atoms with van der Waals surface area (Å²) in [4.78, 5) is 65.9. The summed E-state index contributed by atoms with van der Waals surface area (Å²) in [6.07, 6.45) is 0.679. The van der Waals surface area contributed by atoms with Gasteiger partial charge in [0.1, 0.15) is 11.6 Å². The Morgan fingerprint density at radius 2 is 1.45 bits per heavy atom. The number of nitrogens with one attached hydrogen (secondary N) is 1. The number of para-hydroxylation sites is 1. The molecule has 2 saturated heterocycles. The van der Waals surface area contributed by atoms with Gasteiger partial charge in [0.15, 0.2) is 19.8 Å². The Balaban J connectivity index is 1.28. The molecule has 8 aliphatic rings. The van der Waals surface area contributed by atoms with Crippen molar-refractivity contribution in [1.82, 2.24) is 9.55 Å². The third kappa shape index (κ3) is 2.25. The van der Waals surface area contributed by atoms with Crippen LogP contribution in [0.15, 0.2) is 52.4 Å². The maximum atomic E-state index is 13.7. The summed E-state index contributed by atoms with van der Waals surface area (Å²) in [6.45, 7) is 0. The number of aromatic amines is 1. The van der Waals surface area contributed by atoms with Gasteiger partial charge in [0, 0.05) is 40.3 Å². The third-order valence-electron chi connectivity index (χ3n) is 8.43. The lowest BCUT2D eigenvalue weighted by atomic mass is 10.0. The molecule has 12 rings (SSSR count). The molecule has 2 aromatic heterocycles. The van der Waals surface area contributed by atoms with Gasteiger partial charge in [-0.3, -0.25) is 33.5 Å². The minimum Gasteiger partial charge on any atom is -0.341 e. The molecule has 2 atom stereocenters. The van der Waals surface area contributed by atoms with E-state index in [1.807, 2.05) is 42.5 Å². The van der Waals surface area contributed by atoms with E-state index in [2.05, 4.69) is 19.5 Å². The van der Waals surface area contributed by atoms with Crippen molar-refractivity contribution in [3.63, 3.8) is 0 Å². The van der Waals surface area contributed by atoms with Crippen molar-refractivity contribution in [3.05, 3.63) is 53.6 Å². The highest BCUT2D eigenvalue weighted by molar-refractivity contribution is 8.84. The van der Waals surface area contributed by atoms with Crippen LogP contribution in [0.4, 0.5) is 11.6 Å². The van der Waals surface area contributed by atoms with Crippen LogP contribution in [0, 0.1) is 0 Å². The number of H-pyrrole nitrogens is 1. The summed E-state index contributed by atoms with van der Waals surface area (Å²) in [7, 11) is 5.27. The summed E-state index contributed by atoms with van der Waals surface area (Å²) in [5.41, 5.74) is 4.31. The van der Waals surface area contributed by atoms with Gasteiger partial charge in [0.2, 0.25) is 0 Å². The first-order chi connectivity index (χ1) is 19.4. The lowest BCUT2D eigenvalue weighted by molar-refractivity contribution is -0.124. The van der Waals surface area contributed by atoms with E-state index in [0.29, 0.717) is 24.5 Å². The molecule has 0 saturated carbocycles. The smallest absolute Gasteiger partial charge is 0.287 e. The first-order valence-corrected chi connectivity index (χ1v) is 16.7. The van der Waals surface area contributed by atoms with E-state index >= 15 is 0 Å². The van der Waals surface area contributed by atoms with Gasteiger partial charge in [-0.1, -0.05) is 24.3 Å². The second-order valence-electron chi connectivity index (χ2n) is 10.3. The molecule has 1 N–H and O–H groups in total. The highest BCUT2D eigenvalue weighted by atomic mass is 33.1. The average molecular weight is 601 g/mol. The molecular formula is C26H12N6O4S4. The lowest BCUT2D eigenvalue weighted by Gasteiger charge is -2.42. The number of amides is 4. The zero-order valence-electron chi connectivity index (χ0n) is 20.0. The number of carbonyl (C=O) groups excluding carboxylic acids is 4. The molecule has 2 unspecified atom stereocenters. The molecule has 14 heteroatoms. The molecular weight excluding hydrogens is 589 g/mol. The quantitative estimate of drug-likeness (QED) is 0.326. The number of fused-ring (bicyclic) bond motifs is 10. The van der Waals surface area contributed by atoms with E-state index in [1.165, 1.54) is 43.2 Å². The van der Waals surface area contributed by atoms with Crippen molar-refractivity contribution in [1.29, 1.82) is 0 Å². The summed E-state index contributed by atoms with van der Waals surface area (Å²) in [5.74, 6) is 0.106. The molecule has 4 bridgehead atoms. The molecule has 8 aliphatic heterocycles. The number of hydrogen-bond acceptors (Lipinski definition) is 8. The van der Waals surface area contributed by atoms with Gasteiger partial charge in [0.05, 0.1) is 11.2 Å². The molecule has 10 heterocycles. The highest BCUT2D eigenvalue weighted by Crippen LogP contribution is 2.61. The Morgan fingerprint density at radius 1 is 0.775 bits per heavy atom. The van der Waals surface area contributed by atoms with Crippen LogP contribution in [0.1, 0.15) is 11.1 Å². The molecule has 194 valence electrons. The van der Waals surface area contributed by atoms with E-state index in [4.69, 9.17) is 0 Å². The van der Waals surface area contributed by atoms with Crippen molar-refractivity contribution >= 4 is 110 Å². The fourth-order valence-electron chi connectivity index (χ4n) is 6.81. The average Bonchev–Trinajstić information content (AvgIpc) is 3.66. The predicted molar refractivity (Wildman–Crippen MR) is 158 cm³/mol. The zero-order chi connectivity index (χ0) is 26.7. The predicted octanol–water partition coefficient (Wildman–Crippen LogP) is 3.95. The van der Waals surface area contributed by atoms with E-state index < -0.39 is 9.74 Å². The molecule has 2 spiro atoms. The van der Waals surface area contributed by atoms with Gasteiger partial charge in [0.25, 0.3) is 23.6 Å². The normalized spacial score (nSPS) is 27.5. The summed E-state index contributed by atoms with van der Waals surface area (Å²) in [5, 5.41) is 2.23. The first-order valence-electron chi connectivity index (χ1n) is 12.4. The largest absolute Gasteiger partial charge is 0.341 e. The molecule has 10 nitrogen and oxygen atoms in total. The molecule has 4 amide bonds. The van der Waals surface area contributed by atoms with Crippen molar-refractivity contribution in [2.24, 2.45) is 9.98 Å². The standard InChI is InChI=1S/C26H12N6O4S4/c33-21-18-28-23(35)25(39-37-18)9-12-16-13(27-17(12)31(21)25)5-3-7-15(16)30-14-6-2-1-4-10(14)11-8-26-24(36)29-19(38-40-26)22(34)32(26)20(11)30/h1-7,27H,8-9H2. The van der Waals surface area contributed by atoms with E-state index in [1.54, 1.807) is 9.80 Å². The van der Waals surface area contributed by atoms with E-state index in [9.17, 15) is 19.2 Å². The Labute approximate surface area is 239 Å². The third-order valence-corrected chi connectivity index (χ3v) is 14.1. The fourth-order valence-corrected chi connectivity index (χ4v) is 12.1. The van der Waals surface area contributed by atoms with Gasteiger partial charge in [-0.15, -0.1) is 0 Å². The second-order valence-corrected chi connectivity index (χ2v) is 15.1. The van der Waals surface area contributed by atoms with Crippen LogP contribution in [0.3, 0.4) is 0 Å². The fraction of sp³-hybridized carbons (Fsp3) is 0.154. The Hall–Kier alpha value is -3.46. The van der Waals surface area contributed by atoms with Gasteiger partial charge < -0.3 is 4.98 Å². The van der Waals surface area contributed by atoms with Crippen molar-refractivity contribution in [3.8, 4) is 5.69 Å². The van der Waals surface area contributed by atoms with Crippen LogP contribution in [0.25, 0.3) is 27.5 Å². The van der Waals surface area contributed by atoms with Gasteiger partial charge in [-0.05, 0) is 61.4 Å². The molecule has 2 aromatic carbocycles. The molecule has 40 heavy (non-hydrogen) atoms. The minimum absolute atomic E-state index is 0.196. The van der Waals surface area contributed by atoms with E-state index in [0.717, 1.165) is 38.6 Å². The number of hydrogen-bond donors (Lipinski definition) is 1. The number of anilines is 2. The summed E-state index contributed by atoms with van der Waals surface area (Å²) >= 11 is 0. The van der Waals surface area contributed by atoms with Crippen molar-refractivity contribution < 1.29 is 19.2 Å². The Bertz CT molecular complexity index is 2100. The van der Waals surface area contributed by atoms with Crippen molar-refractivity contribution in [2.75, 3.05) is 9.80 Å². The van der Waals surface area contributed by atoms with Gasteiger partial charge in [-0.2, -0.15) is 9.98 Å². The van der Waals surface area contributed by atoms with Crippen LogP contribution < -0.4 is 9.80 Å². The maximum Gasteiger partial charge on any atom is 0.287 e. The Kier molecular flexibility index (Phi) is 3.82. The van der Waals surface area contributed by atoms with Crippen LogP contribution in [-0.4, -0.2) is 53.0 Å². The van der Waals surface area contributed by atoms with Crippen LogP contribution in [-0.2, 0) is 32.0 Å². The lowest BCUT2D eigenvalue weighted by Crippen LogP contribution is -2.60. The number of benzene rings is 2. The number of aromatic nitrogens is 2. The molecule has 0 radical (unpaired) electrons. The van der Waals surface area contributed by atoms with Crippen molar-refractivity contribution in [2.45, 2.75) is 22.6 Å². The minimum atomic E-state index is -1.11. The molecule has 4 aromatic rings. The zero-order valence-corrected chi connectivity index (χ0v) is 23.2. The van der Waals surface area contributed by atoms with Crippen LogP contribution >= 0.6 is 43.2 Å². The topological polar surface area (TPSA) is 120 Å². The number of rotatable bonds is 1. The highest BCUT2D eigenvalue weighted by Gasteiger charge is 2.64. The number of aliphatic imine (C=N–C) groups is 2. The Morgan fingerprint density at radius 3 is 2.20 bits per heavy atom. The SMILES string of the molecule is O=C1C2=NC(=O)C3(Cc4c([nH]c5cccc(-n6c7c(c8ccccc86)CC68SSC(=NC6=O)C(=O)N78)c45)N13)SS2. The first kappa shape index (κ1) is 22.3. The van der Waals surface area contributed by atoms with Crippen LogP contribution in [0.5, 0.6) is 0 Å². The summed E-state index contributed by atoms with van der Waals surface area (Å²) < 4.78 is 2.06. The van der Waals surface area contributed by atoms with Gasteiger partial charge >= 0.3 is 0 Å². The van der Waals surface area contributed by atoms with Gasteiger partial charge in [-0.25, -0.2) is 0 Å². The molecule has 2 fully saturated rings. The molecule has 0 aliphatic carbocycles. The monoisotopic (exact) mass is 600 g/mol. The number of carbonyl (C=O) groups is 4. The second kappa shape index (κ2) is 6.87. The van der Waals surface area contributed by atoms with Crippen LogP contribution in [0.2, 0.25) is 0 Å². The maximum absolute atomic E-state index is 13.7. The summed E-state index contributed by atoms with van der Waals surface area (Å²) in [6, 6.07) is 13.8. The van der Waals surface area contributed by atoms with E-state index in [-0.39, 0.29) is 33.7 Å². The number of nitrogens with zero attached hydrogens (tertiary/aromatic N) is 5.